The van der Waals surface area contributed by atoms with E-state index in [0.29, 0.717) is 5.56 Å². The molecule has 0 saturated carbocycles. The molecular formula is C20H22N4OS. The number of hydrogen-bond acceptors (Lipinski definition) is 4. The Balaban J connectivity index is 1.87. The molecule has 2 aromatic heterocycles. The highest BCUT2D eigenvalue weighted by molar-refractivity contribution is 7.99. The van der Waals surface area contributed by atoms with Crippen LogP contribution in [0.2, 0.25) is 0 Å². The summed E-state index contributed by atoms with van der Waals surface area (Å²) in [5.41, 5.74) is 5.71. The molecule has 4 rings (SSSR count). The van der Waals surface area contributed by atoms with E-state index >= 15 is 0 Å². The molecule has 0 aliphatic carbocycles. The summed E-state index contributed by atoms with van der Waals surface area (Å²) in [6, 6.07) is 8.25. The van der Waals surface area contributed by atoms with Gasteiger partial charge in [-0.1, -0.05) is 23.8 Å². The topological polar surface area (TPSA) is 51.0 Å². The molecule has 0 unspecified atom stereocenters. The lowest BCUT2D eigenvalue weighted by molar-refractivity contribution is 0.0774. The first-order chi connectivity index (χ1) is 12.5. The zero-order chi connectivity index (χ0) is 18.3. The summed E-state index contributed by atoms with van der Waals surface area (Å²) >= 11 is 1.90. The first-order valence-electron chi connectivity index (χ1n) is 8.82. The number of amides is 1. The van der Waals surface area contributed by atoms with Crippen molar-refractivity contribution < 1.29 is 4.79 Å². The van der Waals surface area contributed by atoms with Crippen molar-refractivity contribution in [2.24, 2.45) is 7.05 Å². The number of carbonyl (C=O) groups excluding carboxylic acids is 1. The molecule has 26 heavy (non-hydrogen) atoms. The number of hydrogen-bond donors (Lipinski definition) is 0. The second-order valence-electron chi connectivity index (χ2n) is 6.78. The molecular weight excluding hydrogens is 344 g/mol. The maximum Gasteiger partial charge on any atom is 0.254 e. The smallest absolute Gasteiger partial charge is 0.254 e. The van der Waals surface area contributed by atoms with Gasteiger partial charge in [-0.05, 0) is 25.5 Å². The third-order valence-corrected chi connectivity index (χ3v) is 5.83. The Hall–Kier alpha value is -2.34. The predicted octanol–water partition coefficient (Wildman–Crippen LogP) is 3.44. The van der Waals surface area contributed by atoms with Crippen molar-refractivity contribution in [1.82, 2.24) is 19.7 Å². The van der Waals surface area contributed by atoms with Gasteiger partial charge in [0.1, 0.15) is 0 Å². The molecule has 134 valence electrons. The van der Waals surface area contributed by atoms with Gasteiger partial charge in [0.05, 0.1) is 22.8 Å². The van der Waals surface area contributed by atoms with E-state index in [2.05, 4.69) is 37.1 Å². The Morgan fingerprint density at radius 2 is 1.92 bits per heavy atom. The minimum absolute atomic E-state index is 0.0803. The van der Waals surface area contributed by atoms with E-state index in [9.17, 15) is 4.79 Å². The number of pyridine rings is 1. The third kappa shape index (κ3) is 2.98. The molecule has 0 N–H and O–H groups in total. The molecule has 1 aromatic carbocycles. The Labute approximate surface area is 157 Å². The van der Waals surface area contributed by atoms with Crippen LogP contribution in [0.1, 0.15) is 21.5 Å². The zero-order valence-electron chi connectivity index (χ0n) is 15.3. The Bertz CT molecular complexity index is 989. The molecule has 3 aromatic rings. The van der Waals surface area contributed by atoms with E-state index in [0.717, 1.165) is 52.4 Å². The molecule has 1 amide bonds. The number of aromatic nitrogens is 3. The SMILES string of the molecule is Cc1ccc(-c2cc(C(=O)N3CCSCC3)c3cnn(C)c3n2)c(C)c1. The number of rotatable bonds is 2. The molecule has 3 heterocycles. The highest BCUT2D eigenvalue weighted by Crippen LogP contribution is 2.28. The van der Waals surface area contributed by atoms with Crippen molar-refractivity contribution in [2.75, 3.05) is 24.6 Å². The fourth-order valence-electron chi connectivity index (χ4n) is 3.47. The largest absolute Gasteiger partial charge is 0.337 e. The second-order valence-corrected chi connectivity index (χ2v) is 8.01. The Morgan fingerprint density at radius 1 is 1.15 bits per heavy atom. The fraction of sp³-hybridized carbons (Fsp3) is 0.350. The first kappa shape index (κ1) is 17.1. The lowest BCUT2D eigenvalue weighted by Gasteiger charge is -2.26. The summed E-state index contributed by atoms with van der Waals surface area (Å²) in [5, 5.41) is 5.16. The normalized spacial score (nSPS) is 14.8. The Morgan fingerprint density at radius 3 is 2.65 bits per heavy atom. The van der Waals surface area contributed by atoms with E-state index in [4.69, 9.17) is 4.98 Å². The molecule has 0 spiro atoms. The molecule has 5 nitrogen and oxygen atoms in total. The number of carbonyl (C=O) groups is 1. The molecule has 1 fully saturated rings. The van der Waals surface area contributed by atoms with Crippen LogP contribution in [0.4, 0.5) is 0 Å². The van der Waals surface area contributed by atoms with Gasteiger partial charge in [0.2, 0.25) is 0 Å². The summed E-state index contributed by atoms with van der Waals surface area (Å²) in [6.07, 6.45) is 1.75. The summed E-state index contributed by atoms with van der Waals surface area (Å²) in [6.45, 7) is 5.76. The lowest BCUT2D eigenvalue weighted by Crippen LogP contribution is -2.38. The van der Waals surface area contributed by atoms with Gasteiger partial charge in [0.25, 0.3) is 5.91 Å². The van der Waals surface area contributed by atoms with Gasteiger partial charge in [-0.2, -0.15) is 16.9 Å². The highest BCUT2D eigenvalue weighted by Gasteiger charge is 2.23. The van der Waals surface area contributed by atoms with E-state index in [1.54, 1.807) is 10.9 Å². The van der Waals surface area contributed by atoms with Gasteiger partial charge in [-0.25, -0.2) is 4.98 Å². The van der Waals surface area contributed by atoms with Crippen LogP contribution in [0.5, 0.6) is 0 Å². The van der Waals surface area contributed by atoms with Crippen molar-refractivity contribution in [2.45, 2.75) is 13.8 Å². The fourth-order valence-corrected chi connectivity index (χ4v) is 4.37. The van der Waals surface area contributed by atoms with Crippen molar-refractivity contribution in [1.29, 1.82) is 0 Å². The summed E-state index contributed by atoms with van der Waals surface area (Å²) < 4.78 is 1.74. The molecule has 0 bridgehead atoms. The van der Waals surface area contributed by atoms with Crippen LogP contribution in [0.3, 0.4) is 0 Å². The van der Waals surface area contributed by atoms with Crippen LogP contribution in [0.15, 0.2) is 30.5 Å². The van der Waals surface area contributed by atoms with Gasteiger partial charge in [-0.3, -0.25) is 9.48 Å². The average molecular weight is 366 g/mol. The second kappa shape index (κ2) is 6.76. The molecule has 1 saturated heterocycles. The van der Waals surface area contributed by atoms with E-state index < -0.39 is 0 Å². The third-order valence-electron chi connectivity index (χ3n) is 4.89. The van der Waals surface area contributed by atoms with E-state index in [1.807, 2.05) is 29.8 Å². The number of nitrogens with zero attached hydrogens (tertiary/aromatic N) is 4. The Kier molecular flexibility index (Phi) is 4.44. The first-order valence-corrected chi connectivity index (χ1v) is 9.97. The number of aryl methyl sites for hydroxylation is 3. The van der Waals surface area contributed by atoms with Crippen molar-refractivity contribution in [3.63, 3.8) is 0 Å². The van der Waals surface area contributed by atoms with Gasteiger partial charge < -0.3 is 4.90 Å². The average Bonchev–Trinajstić information content (AvgIpc) is 3.02. The highest BCUT2D eigenvalue weighted by atomic mass is 32.2. The standard InChI is InChI=1S/C20H22N4OS/c1-13-4-5-15(14(2)10-13)18-11-16(17-12-21-23(3)19(17)22-18)20(25)24-6-8-26-9-7-24/h4-5,10-12H,6-9H2,1-3H3. The van der Waals surface area contributed by atoms with Crippen LogP contribution >= 0.6 is 11.8 Å². The zero-order valence-corrected chi connectivity index (χ0v) is 16.1. The molecule has 1 aliphatic heterocycles. The summed E-state index contributed by atoms with van der Waals surface area (Å²) in [4.78, 5) is 20.0. The monoisotopic (exact) mass is 366 g/mol. The van der Waals surface area contributed by atoms with Gasteiger partial charge in [0.15, 0.2) is 5.65 Å². The minimum Gasteiger partial charge on any atom is -0.337 e. The van der Waals surface area contributed by atoms with E-state index in [-0.39, 0.29) is 5.91 Å². The number of benzene rings is 1. The van der Waals surface area contributed by atoms with Crippen molar-refractivity contribution >= 4 is 28.7 Å². The summed E-state index contributed by atoms with van der Waals surface area (Å²) in [5.74, 6) is 2.07. The number of thioether (sulfide) groups is 1. The van der Waals surface area contributed by atoms with Crippen LogP contribution in [-0.4, -0.2) is 50.2 Å². The van der Waals surface area contributed by atoms with Crippen LogP contribution in [-0.2, 0) is 7.05 Å². The minimum atomic E-state index is 0.0803. The maximum atomic E-state index is 13.2. The lowest BCUT2D eigenvalue weighted by atomic mass is 10.0. The molecule has 0 atom stereocenters. The van der Waals surface area contributed by atoms with Crippen LogP contribution in [0, 0.1) is 13.8 Å². The van der Waals surface area contributed by atoms with E-state index in [1.165, 1.54) is 5.56 Å². The molecule has 6 heteroatoms. The predicted molar refractivity (Wildman–Crippen MR) is 107 cm³/mol. The summed E-state index contributed by atoms with van der Waals surface area (Å²) in [7, 11) is 1.87. The quantitative estimate of drug-likeness (QED) is 0.697. The maximum absolute atomic E-state index is 13.2. The van der Waals surface area contributed by atoms with Crippen LogP contribution < -0.4 is 0 Å². The molecule has 1 aliphatic rings. The molecule has 0 radical (unpaired) electrons. The van der Waals surface area contributed by atoms with Gasteiger partial charge >= 0.3 is 0 Å². The number of fused-ring (bicyclic) bond motifs is 1. The van der Waals surface area contributed by atoms with Gasteiger partial charge in [0, 0.05) is 37.2 Å². The van der Waals surface area contributed by atoms with Crippen molar-refractivity contribution in [3.05, 3.63) is 47.2 Å². The van der Waals surface area contributed by atoms with Gasteiger partial charge in [-0.15, -0.1) is 0 Å². The van der Waals surface area contributed by atoms with Crippen molar-refractivity contribution in [3.8, 4) is 11.3 Å². The van der Waals surface area contributed by atoms with Crippen LogP contribution in [0.25, 0.3) is 22.3 Å².